The maximum atomic E-state index is 12.9. The van der Waals surface area contributed by atoms with E-state index in [4.69, 9.17) is 0 Å². The molecule has 0 aliphatic heterocycles. The Hall–Kier alpha value is -1.32. The molecule has 3 unspecified atom stereocenters. The molecule has 2 N–H and O–H groups in total. The maximum Gasteiger partial charge on any atom is 0.223 e. The Labute approximate surface area is 162 Å². The molecule has 0 heterocycles. The van der Waals surface area contributed by atoms with Crippen molar-refractivity contribution in [2.75, 3.05) is 0 Å². The van der Waals surface area contributed by atoms with Crippen molar-refractivity contribution in [1.82, 2.24) is 5.32 Å². The second-order valence-corrected chi connectivity index (χ2v) is 10.6. The van der Waals surface area contributed by atoms with Crippen LogP contribution in [0, 0.1) is 34.5 Å². The number of nitrogens with one attached hydrogen (secondary N) is 1. The van der Waals surface area contributed by atoms with Gasteiger partial charge in [0.25, 0.3) is 0 Å². The summed E-state index contributed by atoms with van der Waals surface area (Å²) >= 11 is 0. The highest BCUT2D eigenvalue weighted by Crippen LogP contribution is 2.66. The Morgan fingerprint density at radius 3 is 2.63 bits per heavy atom. The summed E-state index contributed by atoms with van der Waals surface area (Å²) in [5.74, 6) is 2.79. The summed E-state index contributed by atoms with van der Waals surface area (Å²) in [6, 6.07) is 0.474. The maximum absolute atomic E-state index is 12.9. The van der Waals surface area contributed by atoms with E-state index in [0.717, 1.165) is 43.2 Å². The fourth-order valence-electron chi connectivity index (χ4n) is 7.61. The summed E-state index contributed by atoms with van der Waals surface area (Å²) in [5, 5.41) is 16.0. The van der Waals surface area contributed by atoms with Crippen LogP contribution in [-0.4, -0.2) is 22.9 Å². The standard InChI is InChI=1S/C23H34N2O2/c1-22-11-9-16(25-27)13-14(22)3-6-17-18-7-8-20(21(26)24-15-4-5-15)23(18,2)12-10-19(17)22/h13,15,17-20,27H,3-12H2,1-2H3,(H,24,26)/b25-16+/t17?,18?,19?,20-,22+,23+/m1/s1. The molecule has 27 heavy (non-hydrogen) atoms. The Kier molecular flexibility index (Phi) is 4.00. The van der Waals surface area contributed by atoms with E-state index in [1.165, 1.54) is 44.1 Å². The number of fused-ring (bicyclic) bond motifs is 5. The number of carbonyl (C=O) groups is 1. The molecule has 148 valence electrons. The molecule has 0 bridgehead atoms. The van der Waals surface area contributed by atoms with Crippen molar-refractivity contribution in [3.63, 3.8) is 0 Å². The molecular formula is C23H34N2O2. The topological polar surface area (TPSA) is 61.7 Å². The van der Waals surface area contributed by atoms with Crippen LogP contribution in [0.4, 0.5) is 0 Å². The van der Waals surface area contributed by atoms with Gasteiger partial charge in [0.2, 0.25) is 5.91 Å². The van der Waals surface area contributed by atoms with E-state index in [2.05, 4.69) is 30.4 Å². The smallest absolute Gasteiger partial charge is 0.223 e. The summed E-state index contributed by atoms with van der Waals surface area (Å²) in [4.78, 5) is 12.9. The second-order valence-electron chi connectivity index (χ2n) is 10.6. The molecule has 5 aliphatic rings. The van der Waals surface area contributed by atoms with Crippen LogP contribution in [0.25, 0.3) is 0 Å². The minimum absolute atomic E-state index is 0.199. The van der Waals surface area contributed by atoms with Gasteiger partial charge < -0.3 is 10.5 Å². The third kappa shape index (κ3) is 2.61. The zero-order valence-corrected chi connectivity index (χ0v) is 16.8. The molecule has 0 aromatic heterocycles. The van der Waals surface area contributed by atoms with Crippen molar-refractivity contribution in [3.05, 3.63) is 11.6 Å². The average molecular weight is 371 g/mol. The molecule has 4 fully saturated rings. The Morgan fingerprint density at radius 2 is 1.89 bits per heavy atom. The van der Waals surface area contributed by atoms with Gasteiger partial charge in [-0.05, 0) is 98.9 Å². The molecule has 0 saturated heterocycles. The minimum atomic E-state index is 0.199. The highest BCUT2D eigenvalue weighted by atomic mass is 16.4. The van der Waals surface area contributed by atoms with Gasteiger partial charge in [0.1, 0.15) is 0 Å². The molecule has 5 aliphatic carbocycles. The first-order valence-corrected chi connectivity index (χ1v) is 11.2. The van der Waals surface area contributed by atoms with Crippen LogP contribution < -0.4 is 5.32 Å². The fraction of sp³-hybridized carbons (Fsp3) is 0.826. The number of amides is 1. The van der Waals surface area contributed by atoms with Gasteiger partial charge in [-0.3, -0.25) is 4.79 Å². The Bertz CT molecular complexity index is 709. The number of oxime groups is 1. The lowest BCUT2D eigenvalue weighted by Gasteiger charge is -2.58. The molecule has 0 spiro atoms. The van der Waals surface area contributed by atoms with E-state index in [0.29, 0.717) is 17.9 Å². The van der Waals surface area contributed by atoms with Crippen LogP contribution in [0.15, 0.2) is 16.8 Å². The fourth-order valence-corrected chi connectivity index (χ4v) is 7.61. The summed E-state index contributed by atoms with van der Waals surface area (Å²) < 4.78 is 0. The molecule has 4 nitrogen and oxygen atoms in total. The molecule has 4 heteroatoms. The van der Waals surface area contributed by atoms with Crippen LogP contribution in [-0.2, 0) is 4.79 Å². The van der Waals surface area contributed by atoms with Gasteiger partial charge in [0.05, 0.1) is 5.71 Å². The van der Waals surface area contributed by atoms with Gasteiger partial charge in [0.15, 0.2) is 0 Å². The first kappa shape index (κ1) is 17.8. The molecule has 6 atom stereocenters. The van der Waals surface area contributed by atoms with Crippen molar-refractivity contribution in [3.8, 4) is 0 Å². The van der Waals surface area contributed by atoms with Crippen molar-refractivity contribution >= 4 is 11.6 Å². The lowest BCUT2D eigenvalue weighted by Crippen LogP contribution is -2.52. The summed E-state index contributed by atoms with van der Waals surface area (Å²) in [6.45, 7) is 4.90. The second kappa shape index (κ2) is 6.09. The molecule has 0 aromatic carbocycles. The van der Waals surface area contributed by atoms with Crippen LogP contribution in [0.3, 0.4) is 0 Å². The van der Waals surface area contributed by atoms with E-state index in [-0.39, 0.29) is 16.7 Å². The van der Waals surface area contributed by atoms with Crippen LogP contribution in [0.5, 0.6) is 0 Å². The van der Waals surface area contributed by atoms with Crippen LogP contribution in [0.1, 0.15) is 78.1 Å². The van der Waals surface area contributed by atoms with Gasteiger partial charge in [-0.2, -0.15) is 0 Å². The van der Waals surface area contributed by atoms with Crippen LogP contribution in [0.2, 0.25) is 0 Å². The summed E-state index contributed by atoms with van der Waals surface area (Å²) in [5.41, 5.74) is 2.85. The van der Waals surface area contributed by atoms with E-state index in [1.54, 1.807) is 0 Å². The van der Waals surface area contributed by atoms with Crippen molar-refractivity contribution < 1.29 is 10.0 Å². The van der Waals surface area contributed by atoms with Gasteiger partial charge in [-0.25, -0.2) is 0 Å². The molecule has 5 rings (SSSR count). The Balaban J connectivity index is 1.40. The highest BCUT2D eigenvalue weighted by molar-refractivity contribution is 5.96. The lowest BCUT2D eigenvalue weighted by atomic mass is 9.47. The normalized spacial score (nSPS) is 47.6. The van der Waals surface area contributed by atoms with Gasteiger partial charge in [0, 0.05) is 12.0 Å². The number of hydrogen-bond donors (Lipinski definition) is 2. The predicted octanol–water partition coefficient (Wildman–Crippen LogP) is 4.67. The van der Waals surface area contributed by atoms with E-state index >= 15 is 0 Å². The number of allylic oxidation sites excluding steroid dienone is 2. The van der Waals surface area contributed by atoms with Crippen LogP contribution >= 0.6 is 0 Å². The molecule has 0 radical (unpaired) electrons. The largest absolute Gasteiger partial charge is 0.411 e. The molecule has 4 saturated carbocycles. The first-order valence-electron chi connectivity index (χ1n) is 11.2. The minimum Gasteiger partial charge on any atom is -0.411 e. The summed E-state index contributed by atoms with van der Waals surface area (Å²) in [6.07, 6.45) is 13.7. The van der Waals surface area contributed by atoms with Crippen molar-refractivity contribution in [2.24, 2.45) is 39.7 Å². The van der Waals surface area contributed by atoms with Crippen molar-refractivity contribution in [2.45, 2.75) is 84.1 Å². The number of rotatable bonds is 2. The quantitative estimate of drug-likeness (QED) is 0.548. The SMILES string of the molecule is C[C@]12CC/C(=N\O)C=C1CCC1C2CC[C@@]2(C)C1CC[C@@H]2C(=O)NC1CC1. The number of hydrogen-bond acceptors (Lipinski definition) is 3. The van der Waals surface area contributed by atoms with Gasteiger partial charge >= 0.3 is 0 Å². The number of carbonyl (C=O) groups excluding carboxylic acids is 1. The van der Waals surface area contributed by atoms with Crippen molar-refractivity contribution in [1.29, 1.82) is 0 Å². The molecular weight excluding hydrogens is 336 g/mol. The zero-order chi connectivity index (χ0) is 18.8. The van der Waals surface area contributed by atoms with Gasteiger partial charge in [-0.1, -0.05) is 24.6 Å². The first-order chi connectivity index (χ1) is 13.0. The average Bonchev–Trinajstić information content (AvgIpc) is 3.39. The highest BCUT2D eigenvalue weighted by Gasteiger charge is 2.60. The third-order valence-electron chi connectivity index (χ3n) is 9.35. The summed E-state index contributed by atoms with van der Waals surface area (Å²) in [7, 11) is 0. The van der Waals surface area contributed by atoms with Gasteiger partial charge in [-0.15, -0.1) is 0 Å². The lowest BCUT2D eigenvalue weighted by molar-refractivity contribution is -0.132. The van der Waals surface area contributed by atoms with E-state index in [1.807, 2.05) is 0 Å². The predicted molar refractivity (Wildman–Crippen MR) is 106 cm³/mol. The third-order valence-corrected chi connectivity index (χ3v) is 9.35. The molecule has 0 aromatic rings. The van der Waals surface area contributed by atoms with E-state index < -0.39 is 0 Å². The monoisotopic (exact) mass is 370 g/mol. The van der Waals surface area contributed by atoms with E-state index in [9.17, 15) is 10.0 Å². The molecule has 1 amide bonds. The Morgan fingerprint density at radius 1 is 1.07 bits per heavy atom. The number of nitrogens with zero attached hydrogens (tertiary/aromatic N) is 1. The zero-order valence-electron chi connectivity index (χ0n) is 16.8.